The normalized spacial score (nSPS) is 15.1. The van der Waals surface area contributed by atoms with Gasteiger partial charge in [-0.3, -0.25) is 4.79 Å². The van der Waals surface area contributed by atoms with Crippen LogP contribution in [-0.4, -0.2) is 48.3 Å². The van der Waals surface area contributed by atoms with Crippen molar-refractivity contribution in [1.29, 1.82) is 0 Å². The molecule has 0 aliphatic heterocycles. The number of benzene rings is 2. The van der Waals surface area contributed by atoms with Crippen molar-refractivity contribution in [1.82, 2.24) is 9.97 Å². The van der Waals surface area contributed by atoms with Crippen molar-refractivity contribution in [3.05, 3.63) is 47.2 Å². The molecule has 1 aliphatic rings. The van der Waals surface area contributed by atoms with Crippen LogP contribution in [0.15, 0.2) is 30.3 Å². The second-order valence-electron chi connectivity index (χ2n) is 8.23. The molecule has 0 fully saturated rings. The number of nitrogens with two attached hydrogens (primary N) is 1. The lowest BCUT2D eigenvalue weighted by Crippen LogP contribution is -2.20. The van der Waals surface area contributed by atoms with Crippen molar-refractivity contribution in [2.45, 2.75) is 20.3 Å². The topological polar surface area (TPSA) is 119 Å². The Morgan fingerprint density at radius 3 is 2.59 bits per heavy atom. The Balaban J connectivity index is 1.72. The Hall–Kier alpha value is -3.78. The summed E-state index contributed by atoms with van der Waals surface area (Å²) in [6.45, 7) is 4.97. The number of H-pyrrole nitrogens is 2. The lowest BCUT2D eigenvalue weighted by molar-refractivity contribution is -0.146. The van der Waals surface area contributed by atoms with E-state index < -0.39 is 0 Å². The van der Waals surface area contributed by atoms with Crippen LogP contribution in [0.5, 0.6) is 5.75 Å². The first kappa shape index (κ1) is 22.0. The molecule has 1 aliphatic carbocycles. The molecule has 0 amide bonds. The van der Waals surface area contributed by atoms with Gasteiger partial charge < -0.3 is 29.9 Å². The molecule has 0 spiro atoms. The van der Waals surface area contributed by atoms with Gasteiger partial charge in [0.15, 0.2) is 5.75 Å². The number of carbonyl (C=O) groups excluding carboxylic acids is 2. The number of hydrogen-bond donors (Lipinski definition) is 3. The van der Waals surface area contributed by atoms with Gasteiger partial charge in [-0.25, -0.2) is 4.79 Å². The minimum atomic E-state index is -0.360. The van der Waals surface area contributed by atoms with E-state index in [0.717, 1.165) is 44.0 Å². The average Bonchev–Trinajstić information content (AvgIpc) is 3.39. The maximum Gasteiger partial charge on any atom is 0.338 e. The van der Waals surface area contributed by atoms with Gasteiger partial charge in [0.2, 0.25) is 0 Å². The molecule has 176 valence electrons. The summed E-state index contributed by atoms with van der Waals surface area (Å²) in [7, 11) is 0. The van der Waals surface area contributed by atoms with Gasteiger partial charge in [0.1, 0.15) is 6.61 Å². The molecule has 8 heteroatoms. The standard InChI is InChI=1S/C26H27N3O5/c1-3-32-25(30)14-5-7-20-16(11-14)18-13-19-17-12-15(26(31)33-4-2)6-8-21(17)29-23(19)24(22(18)28-20)34-10-9-27/h5-8,11,13,15,28-29H,3-4,9-10,12,27H2,1-2H3. The average molecular weight is 462 g/mol. The van der Waals surface area contributed by atoms with Crippen molar-refractivity contribution in [3.8, 4) is 5.75 Å². The largest absolute Gasteiger partial charge is 0.488 e. The molecule has 1 unspecified atom stereocenters. The Kier molecular flexibility index (Phi) is 5.75. The molecule has 8 nitrogen and oxygen atoms in total. The Morgan fingerprint density at radius 1 is 1.03 bits per heavy atom. The van der Waals surface area contributed by atoms with E-state index in [1.807, 2.05) is 24.3 Å². The predicted octanol–water partition coefficient (Wildman–Crippen LogP) is 4.07. The number of aromatic amines is 2. The first-order valence-electron chi connectivity index (χ1n) is 11.5. The number of fused-ring (bicyclic) bond motifs is 6. The molecule has 4 aromatic rings. The number of nitrogens with one attached hydrogen (secondary N) is 2. The highest BCUT2D eigenvalue weighted by Gasteiger charge is 2.27. The third kappa shape index (κ3) is 3.60. The van der Waals surface area contributed by atoms with E-state index in [1.165, 1.54) is 0 Å². The van der Waals surface area contributed by atoms with E-state index >= 15 is 0 Å². The van der Waals surface area contributed by atoms with Gasteiger partial charge >= 0.3 is 11.9 Å². The zero-order valence-electron chi connectivity index (χ0n) is 19.2. The van der Waals surface area contributed by atoms with Gasteiger partial charge in [0, 0.05) is 33.9 Å². The monoisotopic (exact) mass is 461 g/mol. The van der Waals surface area contributed by atoms with E-state index in [2.05, 4.69) is 16.0 Å². The molecule has 4 N–H and O–H groups in total. The molecule has 0 bridgehead atoms. The number of esters is 2. The van der Waals surface area contributed by atoms with E-state index in [-0.39, 0.29) is 17.9 Å². The van der Waals surface area contributed by atoms with E-state index in [4.69, 9.17) is 19.9 Å². The summed E-state index contributed by atoms with van der Waals surface area (Å²) in [5, 5.41) is 2.78. The quantitative estimate of drug-likeness (QED) is 0.357. The lowest BCUT2D eigenvalue weighted by Gasteiger charge is -2.15. The Morgan fingerprint density at radius 2 is 1.82 bits per heavy atom. The van der Waals surface area contributed by atoms with Crippen molar-refractivity contribution >= 4 is 50.7 Å². The maximum atomic E-state index is 12.4. The van der Waals surface area contributed by atoms with Crippen LogP contribution in [0.3, 0.4) is 0 Å². The smallest absolute Gasteiger partial charge is 0.338 e. The summed E-state index contributed by atoms with van der Waals surface area (Å²) in [6, 6.07) is 7.55. The molecule has 0 radical (unpaired) electrons. The molecular weight excluding hydrogens is 434 g/mol. The number of ether oxygens (including phenoxy) is 3. The van der Waals surface area contributed by atoms with Crippen LogP contribution in [-0.2, 0) is 20.7 Å². The third-order valence-electron chi connectivity index (χ3n) is 6.14. The van der Waals surface area contributed by atoms with E-state index in [9.17, 15) is 9.59 Å². The van der Waals surface area contributed by atoms with Gasteiger partial charge in [0.05, 0.1) is 35.7 Å². The maximum absolute atomic E-state index is 12.4. The zero-order chi connectivity index (χ0) is 23.8. The number of rotatable bonds is 7. The van der Waals surface area contributed by atoms with Crippen LogP contribution in [0.2, 0.25) is 0 Å². The highest BCUT2D eigenvalue weighted by atomic mass is 16.5. The fourth-order valence-corrected chi connectivity index (χ4v) is 4.64. The van der Waals surface area contributed by atoms with Crippen molar-refractivity contribution in [2.24, 2.45) is 11.7 Å². The SMILES string of the molecule is CCOC(=O)c1ccc2[nH]c3c(OCCN)c4[nH]c5c(c4cc3c2c1)CC(C(=O)OCC)C=C5. The summed E-state index contributed by atoms with van der Waals surface area (Å²) in [6.07, 6.45) is 4.34. The van der Waals surface area contributed by atoms with Gasteiger partial charge in [-0.1, -0.05) is 6.08 Å². The molecule has 0 saturated heterocycles. The molecule has 2 aromatic heterocycles. The van der Waals surface area contributed by atoms with Gasteiger partial charge in [0.25, 0.3) is 0 Å². The van der Waals surface area contributed by atoms with Gasteiger partial charge in [-0.05, 0) is 56.2 Å². The molecule has 2 heterocycles. The third-order valence-corrected chi connectivity index (χ3v) is 6.14. The fraction of sp³-hybridized carbons (Fsp3) is 0.308. The van der Waals surface area contributed by atoms with Crippen LogP contribution in [0.1, 0.15) is 35.5 Å². The summed E-state index contributed by atoms with van der Waals surface area (Å²) < 4.78 is 16.6. The molecular formula is C26H27N3O5. The van der Waals surface area contributed by atoms with Crippen LogP contribution < -0.4 is 10.5 Å². The first-order valence-corrected chi connectivity index (χ1v) is 11.5. The predicted molar refractivity (Wildman–Crippen MR) is 131 cm³/mol. The van der Waals surface area contributed by atoms with Crippen molar-refractivity contribution in [3.63, 3.8) is 0 Å². The van der Waals surface area contributed by atoms with E-state index in [1.54, 1.807) is 19.9 Å². The number of carbonyl (C=O) groups is 2. The molecule has 34 heavy (non-hydrogen) atoms. The Bertz CT molecular complexity index is 1450. The molecule has 0 saturated carbocycles. The summed E-state index contributed by atoms with van der Waals surface area (Å²) in [5.41, 5.74) is 10.7. The van der Waals surface area contributed by atoms with Crippen LogP contribution in [0.4, 0.5) is 0 Å². The van der Waals surface area contributed by atoms with Crippen LogP contribution in [0, 0.1) is 5.92 Å². The van der Waals surface area contributed by atoms with Gasteiger partial charge in [-0.15, -0.1) is 0 Å². The second kappa shape index (κ2) is 8.87. The molecule has 5 rings (SSSR count). The van der Waals surface area contributed by atoms with Gasteiger partial charge in [-0.2, -0.15) is 0 Å². The zero-order valence-corrected chi connectivity index (χ0v) is 19.2. The highest BCUT2D eigenvalue weighted by molar-refractivity contribution is 6.17. The molecule has 1 atom stereocenters. The fourth-order valence-electron chi connectivity index (χ4n) is 4.64. The Labute approximate surface area is 196 Å². The summed E-state index contributed by atoms with van der Waals surface area (Å²) >= 11 is 0. The van der Waals surface area contributed by atoms with E-state index in [0.29, 0.717) is 44.1 Å². The minimum Gasteiger partial charge on any atom is -0.488 e. The number of aromatic nitrogens is 2. The summed E-state index contributed by atoms with van der Waals surface area (Å²) in [4.78, 5) is 31.7. The van der Waals surface area contributed by atoms with Crippen LogP contribution >= 0.6 is 0 Å². The first-order chi connectivity index (χ1) is 16.5. The highest BCUT2D eigenvalue weighted by Crippen LogP contribution is 2.42. The number of hydrogen-bond acceptors (Lipinski definition) is 6. The second-order valence-corrected chi connectivity index (χ2v) is 8.23. The molecule has 2 aromatic carbocycles. The van der Waals surface area contributed by atoms with Crippen LogP contribution in [0.25, 0.3) is 38.8 Å². The van der Waals surface area contributed by atoms with Crippen molar-refractivity contribution in [2.75, 3.05) is 26.4 Å². The van der Waals surface area contributed by atoms with Crippen molar-refractivity contribution < 1.29 is 23.8 Å². The minimum absolute atomic E-state index is 0.231. The summed E-state index contributed by atoms with van der Waals surface area (Å²) in [5.74, 6) is -0.261. The lowest BCUT2D eigenvalue weighted by atomic mass is 9.91.